The highest BCUT2D eigenvalue weighted by Crippen LogP contribution is 2.30. The predicted molar refractivity (Wildman–Crippen MR) is 122 cm³/mol. The van der Waals surface area contributed by atoms with Crippen LogP contribution in [0.5, 0.6) is 0 Å². The van der Waals surface area contributed by atoms with E-state index in [0.29, 0.717) is 21.1 Å². The van der Waals surface area contributed by atoms with Gasteiger partial charge in [0.1, 0.15) is 15.4 Å². The Kier molecular flexibility index (Phi) is 6.33. The lowest BCUT2D eigenvalue weighted by atomic mass is 10.2. The molecular formula is C21H22N4O3S2. The molecule has 4 aromatic heterocycles. The average Bonchev–Trinajstić information content (AvgIpc) is 3.19. The molecule has 3 N–H and O–H groups in total. The second-order valence-corrected chi connectivity index (χ2v) is 9.08. The van der Waals surface area contributed by atoms with Crippen LogP contribution in [0.25, 0.3) is 21.6 Å². The van der Waals surface area contributed by atoms with Crippen molar-refractivity contribution < 1.29 is 9.53 Å². The molecule has 4 aromatic rings. The molecule has 0 unspecified atom stereocenters. The number of nitrogens with zero attached hydrogens (tertiary/aromatic N) is 2. The zero-order valence-electron chi connectivity index (χ0n) is 17.3. The number of anilines is 1. The Morgan fingerprint density at radius 1 is 1.07 bits per heavy atom. The first kappa shape index (κ1) is 21.7. The number of carbonyl (C=O) groups excluding carboxylic acids is 1. The lowest BCUT2D eigenvalue weighted by Crippen LogP contribution is -2.07. The number of nitrogen functional groups attached to an aromatic ring is 1. The molecule has 0 radical (unpaired) electrons. The van der Waals surface area contributed by atoms with Gasteiger partial charge in [-0.25, -0.2) is 9.78 Å². The summed E-state index contributed by atoms with van der Waals surface area (Å²) in [4.78, 5) is 37.2. The Bertz CT molecular complexity index is 1270. The number of aryl methyl sites for hydroxylation is 3. The second-order valence-electron chi connectivity index (χ2n) is 6.63. The lowest BCUT2D eigenvalue weighted by Gasteiger charge is -2.00. The van der Waals surface area contributed by atoms with E-state index in [4.69, 9.17) is 5.73 Å². The molecule has 0 saturated heterocycles. The molecule has 0 aromatic carbocycles. The van der Waals surface area contributed by atoms with Gasteiger partial charge in [-0.15, -0.1) is 22.7 Å². The second kappa shape index (κ2) is 8.76. The summed E-state index contributed by atoms with van der Waals surface area (Å²) in [7, 11) is 1.35. The summed E-state index contributed by atoms with van der Waals surface area (Å²) in [5.74, 6) is 0.240. The van der Waals surface area contributed by atoms with Gasteiger partial charge in [-0.05, 0) is 51.0 Å². The molecule has 0 aliphatic heterocycles. The molecule has 0 spiro atoms. The number of hydrogen-bond donors (Lipinski definition) is 2. The van der Waals surface area contributed by atoms with Crippen LogP contribution >= 0.6 is 22.7 Å². The molecule has 0 aliphatic carbocycles. The van der Waals surface area contributed by atoms with Crippen LogP contribution in [-0.4, -0.2) is 28.0 Å². The van der Waals surface area contributed by atoms with E-state index in [-0.39, 0.29) is 11.5 Å². The summed E-state index contributed by atoms with van der Waals surface area (Å²) >= 11 is 2.86. The fourth-order valence-corrected chi connectivity index (χ4v) is 4.74. The Morgan fingerprint density at radius 3 is 2.27 bits per heavy atom. The van der Waals surface area contributed by atoms with Crippen LogP contribution in [0.2, 0.25) is 0 Å². The topological polar surface area (TPSA) is 111 Å². The number of aromatic amines is 1. The maximum atomic E-state index is 12.0. The lowest BCUT2D eigenvalue weighted by molar-refractivity contribution is 0.0607. The molecule has 9 heteroatoms. The van der Waals surface area contributed by atoms with Gasteiger partial charge in [0.15, 0.2) is 0 Å². The number of pyridine rings is 1. The van der Waals surface area contributed by atoms with Gasteiger partial charge in [0, 0.05) is 27.7 Å². The summed E-state index contributed by atoms with van der Waals surface area (Å²) in [6.07, 6.45) is 3.37. The SMILES string of the molecule is COC(=O)c1sc(C)c(C)c1N.Cc1sc2c(=O)[nH]c(-c3ccncc3)nc2c1C. The normalized spacial score (nSPS) is 10.6. The molecule has 0 saturated carbocycles. The first-order chi connectivity index (χ1) is 14.2. The van der Waals surface area contributed by atoms with Gasteiger partial charge < -0.3 is 15.5 Å². The van der Waals surface area contributed by atoms with Gasteiger partial charge in [-0.1, -0.05) is 0 Å². The third-order valence-corrected chi connectivity index (χ3v) is 7.17. The van der Waals surface area contributed by atoms with Crippen molar-refractivity contribution in [3.8, 4) is 11.4 Å². The number of esters is 1. The predicted octanol–water partition coefficient (Wildman–Crippen LogP) is 4.40. The number of fused-ring (bicyclic) bond motifs is 1. The monoisotopic (exact) mass is 442 g/mol. The van der Waals surface area contributed by atoms with Crippen LogP contribution in [-0.2, 0) is 4.74 Å². The summed E-state index contributed by atoms with van der Waals surface area (Å²) in [6, 6.07) is 3.66. The molecule has 156 valence electrons. The number of hydrogen-bond acceptors (Lipinski definition) is 8. The van der Waals surface area contributed by atoms with Gasteiger partial charge >= 0.3 is 5.97 Å². The summed E-state index contributed by atoms with van der Waals surface area (Å²) in [5.41, 5.74) is 9.88. The van der Waals surface area contributed by atoms with Gasteiger partial charge in [0.05, 0.1) is 18.3 Å². The summed E-state index contributed by atoms with van der Waals surface area (Å²) in [5, 5.41) is 0. The molecule has 0 amide bonds. The van der Waals surface area contributed by atoms with Crippen molar-refractivity contribution in [3.05, 3.63) is 60.6 Å². The first-order valence-electron chi connectivity index (χ1n) is 9.08. The van der Waals surface area contributed by atoms with Crippen LogP contribution in [0.15, 0.2) is 29.3 Å². The summed E-state index contributed by atoms with van der Waals surface area (Å²) < 4.78 is 5.27. The van der Waals surface area contributed by atoms with Gasteiger partial charge in [0.25, 0.3) is 5.56 Å². The largest absolute Gasteiger partial charge is 0.465 e. The minimum Gasteiger partial charge on any atom is -0.465 e. The average molecular weight is 443 g/mol. The minimum atomic E-state index is -0.353. The van der Waals surface area contributed by atoms with E-state index in [1.165, 1.54) is 29.8 Å². The van der Waals surface area contributed by atoms with Crippen molar-refractivity contribution in [2.45, 2.75) is 27.7 Å². The number of rotatable bonds is 2. The minimum absolute atomic E-state index is 0.0759. The Hall–Kier alpha value is -3.04. The number of aromatic nitrogens is 3. The fraction of sp³-hybridized carbons (Fsp3) is 0.238. The van der Waals surface area contributed by atoms with E-state index < -0.39 is 0 Å². The third kappa shape index (κ3) is 4.12. The van der Waals surface area contributed by atoms with E-state index in [1.807, 2.05) is 39.8 Å². The van der Waals surface area contributed by atoms with Gasteiger partial charge in [-0.2, -0.15) is 0 Å². The van der Waals surface area contributed by atoms with Crippen molar-refractivity contribution in [1.29, 1.82) is 0 Å². The Balaban J connectivity index is 0.000000187. The third-order valence-electron chi connectivity index (χ3n) is 4.77. The Morgan fingerprint density at radius 2 is 1.70 bits per heavy atom. The highest BCUT2D eigenvalue weighted by atomic mass is 32.1. The van der Waals surface area contributed by atoms with E-state index >= 15 is 0 Å². The van der Waals surface area contributed by atoms with Crippen molar-refractivity contribution in [2.24, 2.45) is 0 Å². The van der Waals surface area contributed by atoms with Crippen LogP contribution in [0, 0.1) is 27.7 Å². The number of H-pyrrole nitrogens is 1. The number of thiophene rings is 2. The maximum absolute atomic E-state index is 12.0. The number of nitrogens with two attached hydrogens (primary N) is 1. The Labute approximate surface area is 181 Å². The zero-order chi connectivity index (χ0) is 22.0. The number of methoxy groups -OCH3 is 1. The van der Waals surface area contributed by atoms with Crippen molar-refractivity contribution in [3.63, 3.8) is 0 Å². The molecule has 4 heterocycles. The van der Waals surface area contributed by atoms with E-state index in [9.17, 15) is 9.59 Å². The van der Waals surface area contributed by atoms with Crippen LogP contribution in [0.1, 0.15) is 30.6 Å². The molecule has 0 bridgehead atoms. The smallest absolute Gasteiger partial charge is 0.350 e. The fourth-order valence-electron chi connectivity index (χ4n) is 2.74. The van der Waals surface area contributed by atoms with Crippen molar-refractivity contribution >= 4 is 44.5 Å². The van der Waals surface area contributed by atoms with Gasteiger partial charge in [-0.3, -0.25) is 9.78 Å². The maximum Gasteiger partial charge on any atom is 0.350 e. The summed E-state index contributed by atoms with van der Waals surface area (Å²) in [6.45, 7) is 7.83. The van der Waals surface area contributed by atoms with Crippen LogP contribution in [0.3, 0.4) is 0 Å². The highest BCUT2D eigenvalue weighted by molar-refractivity contribution is 7.19. The molecule has 7 nitrogen and oxygen atoms in total. The molecule has 0 aliphatic rings. The van der Waals surface area contributed by atoms with Crippen LogP contribution in [0.4, 0.5) is 5.69 Å². The quantitative estimate of drug-likeness (QED) is 0.445. The number of nitrogens with one attached hydrogen (secondary N) is 1. The first-order valence-corrected chi connectivity index (χ1v) is 10.7. The van der Waals surface area contributed by atoms with Gasteiger partial charge in [0.2, 0.25) is 0 Å². The molecule has 4 rings (SSSR count). The molecule has 0 atom stereocenters. The van der Waals surface area contributed by atoms with Crippen molar-refractivity contribution in [1.82, 2.24) is 15.0 Å². The molecule has 30 heavy (non-hydrogen) atoms. The van der Waals surface area contributed by atoms with Crippen LogP contribution < -0.4 is 11.3 Å². The number of ether oxygens (including phenoxy) is 1. The number of carbonyl (C=O) groups is 1. The zero-order valence-corrected chi connectivity index (χ0v) is 19.0. The highest BCUT2D eigenvalue weighted by Gasteiger charge is 2.16. The molecule has 0 fully saturated rings. The standard InChI is InChI=1S/C13H11N3OS.C8H11NO2S/c1-7-8(2)18-11-10(7)15-12(16-13(11)17)9-3-5-14-6-4-9;1-4-5(2)12-7(6(4)9)8(10)11-3/h3-6H,1-2H3,(H,15,16,17);9H2,1-3H3. The van der Waals surface area contributed by atoms with E-state index in [0.717, 1.165) is 32.0 Å². The molecular weight excluding hydrogens is 420 g/mol. The van der Waals surface area contributed by atoms with Crippen molar-refractivity contribution in [2.75, 3.05) is 12.8 Å². The van der Waals surface area contributed by atoms with E-state index in [1.54, 1.807) is 12.4 Å². The van der Waals surface area contributed by atoms with E-state index in [2.05, 4.69) is 19.7 Å².